The molecule has 2 aliphatic heterocycles. The third kappa shape index (κ3) is 6.10. The van der Waals surface area contributed by atoms with Gasteiger partial charge in [0, 0.05) is 59.1 Å². The third-order valence-electron chi connectivity index (χ3n) is 6.44. The van der Waals surface area contributed by atoms with Crippen molar-refractivity contribution in [2.24, 2.45) is 15.5 Å². The van der Waals surface area contributed by atoms with E-state index >= 15 is 0 Å². The van der Waals surface area contributed by atoms with Crippen molar-refractivity contribution < 1.29 is 19.4 Å². The van der Waals surface area contributed by atoms with Crippen molar-refractivity contribution >= 4 is 24.4 Å². The van der Waals surface area contributed by atoms with E-state index in [2.05, 4.69) is 32.1 Å². The number of hydrogen-bond acceptors (Lipinski definition) is 8. The standard InChI is InChI=1S/C25H31N7O4/c1-17-12-20-14-19(5-6-21(20)25(35)36-17)22(33)16-31-8-10-32(11-9-31)24(34)13-18-4-7-23(27-15-18)30(3)29-28-26-2/h4-7,14-15,17,22,33H,2,8-13,16H2,1,3H3/b29-28-/t17-,22?/m0/s1. The number of β-amino-alcohol motifs (C(OH)–C–C–N with tert-alkyl or cyclic N) is 1. The lowest BCUT2D eigenvalue weighted by Gasteiger charge is -2.36. The fraction of sp³-hybridized carbons (Fsp3) is 0.440. The Labute approximate surface area is 210 Å². The number of carbonyl (C=O) groups excluding carboxylic acids is 2. The first-order valence-electron chi connectivity index (χ1n) is 11.9. The Morgan fingerprint density at radius 1 is 1.28 bits per heavy atom. The van der Waals surface area contributed by atoms with Crippen molar-refractivity contribution in [3.8, 4) is 0 Å². The Balaban J connectivity index is 1.26. The molecule has 1 amide bonds. The van der Waals surface area contributed by atoms with Gasteiger partial charge in [-0.3, -0.25) is 9.69 Å². The highest BCUT2D eigenvalue weighted by molar-refractivity contribution is 5.92. The second-order valence-electron chi connectivity index (χ2n) is 9.08. The number of rotatable bonds is 8. The number of aliphatic hydroxyl groups is 1. The van der Waals surface area contributed by atoms with E-state index in [1.807, 2.05) is 24.0 Å². The second-order valence-corrected chi connectivity index (χ2v) is 9.08. The van der Waals surface area contributed by atoms with E-state index < -0.39 is 6.10 Å². The van der Waals surface area contributed by atoms with Crippen molar-refractivity contribution in [2.45, 2.75) is 32.0 Å². The number of carbonyl (C=O) groups is 2. The molecule has 11 heteroatoms. The first-order chi connectivity index (χ1) is 17.3. The Hall–Kier alpha value is -3.70. The molecule has 0 bridgehead atoms. The lowest BCUT2D eigenvalue weighted by Crippen LogP contribution is -2.50. The van der Waals surface area contributed by atoms with Crippen LogP contribution in [0.1, 0.15) is 40.1 Å². The van der Waals surface area contributed by atoms with E-state index in [0.717, 1.165) is 16.7 Å². The van der Waals surface area contributed by atoms with Crippen LogP contribution in [0.2, 0.25) is 0 Å². The number of nitrogens with zero attached hydrogens (tertiary/aromatic N) is 7. The predicted molar refractivity (Wildman–Crippen MR) is 134 cm³/mol. The maximum absolute atomic E-state index is 12.8. The van der Waals surface area contributed by atoms with Gasteiger partial charge >= 0.3 is 5.97 Å². The largest absolute Gasteiger partial charge is 0.459 e. The summed E-state index contributed by atoms with van der Waals surface area (Å²) in [6, 6.07) is 9.05. The fourth-order valence-corrected chi connectivity index (χ4v) is 4.45. The van der Waals surface area contributed by atoms with Crippen LogP contribution in [-0.2, 0) is 22.4 Å². The maximum Gasteiger partial charge on any atom is 0.338 e. The Bertz CT molecular complexity index is 1130. The zero-order chi connectivity index (χ0) is 25.7. The lowest BCUT2D eigenvalue weighted by atomic mass is 9.95. The molecule has 0 aliphatic carbocycles. The number of cyclic esters (lactones) is 1. The third-order valence-corrected chi connectivity index (χ3v) is 6.44. The van der Waals surface area contributed by atoms with Crippen molar-refractivity contribution in [2.75, 3.05) is 44.8 Å². The smallest absolute Gasteiger partial charge is 0.338 e. The Morgan fingerprint density at radius 3 is 2.75 bits per heavy atom. The summed E-state index contributed by atoms with van der Waals surface area (Å²) in [4.78, 5) is 33.1. The van der Waals surface area contributed by atoms with Crippen LogP contribution in [0.15, 0.2) is 52.1 Å². The van der Waals surface area contributed by atoms with Gasteiger partial charge in [-0.1, -0.05) is 18.2 Å². The summed E-state index contributed by atoms with van der Waals surface area (Å²) in [6.07, 6.45) is 1.74. The van der Waals surface area contributed by atoms with Gasteiger partial charge in [0.25, 0.3) is 0 Å². The van der Waals surface area contributed by atoms with E-state index in [4.69, 9.17) is 4.74 Å². The Morgan fingerprint density at radius 2 is 2.06 bits per heavy atom. The SMILES string of the molecule is C=N/N=N\N(C)c1ccc(CC(=O)N2CCN(CC(O)c3ccc4c(c3)C[C@H](C)OC4=O)CC2)cn1. The van der Waals surface area contributed by atoms with Gasteiger partial charge in [-0.2, -0.15) is 0 Å². The van der Waals surface area contributed by atoms with Crippen molar-refractivity contribution in [1.82, 2.24) is 14.8 Å². The molecule has 4 rings (SSSR count). The topological polar surface area (TPSA) is 123 Å². The highest BCUT2D eigenvalue weighted by atomic mass is 16.5. The molecule has 0 spiro atoms. The van der Waals surface area contributed by atoms with Gasteiger partial charge in [0.05, 0.1) is 18.1 Å². The molecule has 1 aromatic heterocycles. The number of anilines is 1. The average molecular weight is 494 g/mol. The van der Waals surface area contributed by atoms with Crippen LogP contribution >= 0.6 is 0 Å². The number of pyridine rings is 1. The highest BCUT2D eigenvalue weighted by Crippen LogP contribution is 2.25. The van der Waals surface area contributed by atoms with Gasteiger partial charge in [-0.15, -0.1) is 5.10 Å². The fourth-order valence-electron chi connectivity index (χ4n) is 4.45. The molecule has 3 heterocycles. The summed E-state index contributed by atoms with van der Waals surface area (Å²) in [5.41, 5.74) is 3.10. The zero-order valence-electron chi connectivity index (χ0n) is 20.6. The normalized spacial score (nSPS) is 19.0. The first kappa shape index (κ1) is 25.4. The number of aromatic nitrogens is 1. The molecule has 2 aliphatic rings. The van der Waals surface area contributed by atoms with Crippen LogP contribution in [0.25, 0.3) is 0 Å². The van der Waals surface area contributed by atoms with Crippen LogP contribution in [0.5, 0.6) is 0 Å². The summed E-state index contributed by atoms with van der Waals surface area (Å²) in [5.74, 6) is 0.320. The van der Waals surface area contributed by atoms with E-state index in [1.54, 1.807) is 31.4 Å². The molecule has 0 saturated carbocycles. The van der Waals surface area contributed by atoms with Crippen LogP contribution in [-0.4, -0.2) is 84.4 Å². The maximum atomic E-state index is 12.8. The van der Waals surface area contributed by atoms with Crippen molar-refractivity contribution in [1.29, 1.82) is 0 Å². The summed E-state index contributed by atoms with van der Waals surface area (Å²) in [7, 11) is 1.69. The van der Waals surface area contributed by atoms with Crippen LogP contribution in [0, 0.1) is 0 Å². The number of esters is 1. The van der Waals surface area contributed by atoms with Gasteiger partial charge < -0.3 is 14.7 Å². The predicted octanol–water partition coefficient (Wildman–Crippen LogP) is 2.02. The van der Waals surface area contributed by atoms with Crippen LogP contribution in [0.4, 0.5) is 5.82 Å². The zero-order valence-corrected chi connectivity index (χ0v) is 20.6. The van der Waals surface area contributed by atoms with Crippen molar-refractivity contribution in [3.05, 3.63) is 58.8 Å². The van der Waals surface area contributed by atoms with Gasteiger partial charge in [0.1, 0.15) is 11.9 Å². The molecule has 0 radical (unpaired) electrons. The van der Waals surface area contributed by atoms with Gasteiger partial charge in [0.15, 0.2) is 0 Å². The quantitative estimate of drug-likeness (QED) is 0.258. The van der Waals surface area contributed by atoms with Gasteiger partial charge in [-0.05, 0) is 46.2 Å². The van der Waals surface area contributed by atoms with Crippen LogP contribution in [0.3, 0.4) is 0 Å². The summed E-state index contributed by atoms with van der Waals surface area (Å²) in [5, 5.41) is 22.9. The molecule has 190 valence electrons. The molecule has 2 aromatic rings. The molecule has 11 nitrogen and oxygen atoms in total. The second kappa shape index (κ2) is 11.4. The molecule has 1 N–H and O–H groups in total. The van der Waals surface area contributed by atoms with E-state index in [0.29, 0.717) is 50.5 Å². The highest BCUT2D eigenvalue weighted by Gasteiger charge is 2.26. The molecule has 36 heavy (non-hydrogen) atoms. The first-order valence-corrected chi connectivity index (χ1v) is 11.9. The molecule has 1 saturated heterocycles. The van der Waals surface area contributed by atoms with Gasteiger partial charge in [0.2, 0.25) is 5.91 Å². The monoisotopic (exact) mass is 493 g/mol. The van der Waals surface area contributed by atoms with E-state index in [1.165, 1.54) is 5.01 Å². The molecule has 1 unspecified atom stereocenters. The number of aliphatic hydroxyl groups excluding tert-OH is 1. The van der Waals surface area contributed by atoms with E-state index in [9.17, 15) is 14.7 Å². The molecular weight excluding hydrogens is 462 g/mol. The number of piperazine rings is 1. The lowest BCUT2D eigenvalue weighted by molar-refractivity contribution is -0.132. The van der Waals surface area contributed by atoms with E-state index in [-0.39, 0.29) is 24.4 Å². The molecule has 2 atom stereocenters. The van der Waals surface area contributed by atoms with Gasteiger partial charge in [-0.25, -0.2) is 14.8 Å². The Kier molecular flexibility index (Phi) is 8.01. The minimum atomic E-state index is -0.671. The number of amides is 1. The summed E-state index contributed by atoms with van der Waals surface area (Å²) < 4.78 is 5.27. The number of hydrogen-bond donors (Lipinski definition) is 1. The number of ether oxygens (including phenoxy) is 1. The van der Waals surface area contributed by atoms with Crippen molar-refractivity contribution in [3.63, 3.8) is 0 Å². The summed E-state index contributed by atoms with van der Waals surface area (Å²) in [6.45, 7) is 8.14. The number of fused-ring (bicyclic) bond motifs is 1. The average Bonchev–Trinajstić information content (AvgIpc) is 2.87. The molecule has 1 aromatic carbocycles. The summed E-state index contributed by atoms with van der Waals surface area (Å²) >= 11 is 0. The number of benzene rings is 1. The van der Waals surface area contributed by atoms with Crippen LogP contribution < -0.4 is 5.01 Å². The molecular formula is C25H31N7O4. The minimum Gasteiger partial charge on any atom is -0.459 e. The minimum absolute atomic E-state index is 0.0457. The molecule has 1 fully saturated rings.